The molecule has 0 aliphatic carbocycles. The average molecular weight is 241 g/mol. The van der Waals surface area contributed by atoms with Crippen LogP contribution in [-0.2, 0) is 0 Å². The molecule has 16 heavy (non-hydrogen) atoms. The van der Waals surface area contributed by atoms with E-state index in [2.05, 4.69) is 17.6 Å². The van der Waals surface area contributed by atoms with Gasteiger partial charge in [0.1, 0.15) is 5.75 Å². The number of ether oxygens (including phenoxy) is 1. The Morgan fingerprint density at radius 3 is 2.75 bits per heavy atom. The predicted octanol–water partition coefficient (Wildman–Crippen LogP) is 1.97. The lowest BCUT2D eigenvalue weighted by Gasteiger charge is -2.32. The topological polar surface area (TPSA) is 33.3 Å². The molecule has 0 aromatic heterocycles. The van der Waals surface area contributed by atoms with Gasteiger partial charge in [0.05, 0.1) is 13.2 Å². The molecule has 0 spiro atoms. The molecule has 2 N–H and O–H groups in total. The number of nitrogens with one attached hydrogen (secondary N) is 2. The van der Waals surface area contributed by atoms with Gasteiger partial charge < -0.3 is 15.4 Å². The molecule has 2 rings (SSSR count). The average Bonchev–Trinajstić information content (AvgIpc) is 2.29. The van der Waals surface area contributed by atoms with E-state index in [4.69, 9.17) is 16.3 Å². The molecule has 3 nitrogen and oxygen atoms in total. The highest BCUT2D eigenvalue weighted by Gasteiger charge is 2.24. The molecule has 1 fully saturated rings. The molecule has 0 radical (unpaired) electrons. The molecular weight excluding hydrogens is 224 g/mol. The van der Waals surface area contributed by atoms with E-state index in [1.165, 1.54) is 0 Å². The third-order valence-corrected chi connectivity index (χ3v) is 3.22. The number of methoxy groups -OCH3 is 1. The molecule has 2 unspecified atom stereocenters. The van der Waals surface area contributed by atoms with Crippen LogP contribution in [0, 0.1) is 0 Å². The molecule has 1 heterocycles. The van der Waals surface area contributed by atoms with Crippen molar-refractivity contribution in [3.05, 3.63) is 28.8 Å². The van der Waals surface area contributed by atoms with E-state index in [1.54, 1.807) is 7.11 Å². The molecule has 1 aliphatic heterocycles. The minimum Gasteiger partial charge on any atom is -0.496 e. The minimum absolute atomic E-state index is 0.252. The second-order valence-corrected chi connectivity index (χ2v) is 4.50. The Morgan fingerprint density at radius 2 is 2.06 bits per heavy atom. The van der Waals surface area contributed by atoms with E-state index in [0.717, 1.165) is 29.4 Å². The van der Waals surface area contributed by atoms with Crippen molar-refractivity contribution in [1.29, 1.82) is 0 Å². The highest BCUT2D eigenvalue weighted by molar-refractivity contribution is 6.30. The largest absolute Gasteiger partial charge is 0.496 e. The molecule has 0 amide bonds. The van der Waals surface area contributed by atoms with E-state index in [0.29, 0.717) is 6.04 Å². The van der Waals surface area contributed by atoms with Gasteiger partial charge in [0.25, 0.3) is 0 Å². The van der Waals surface area contributed by atoms with Crippen LogP contribution >= 0.6 is 11.6 Å². The van der Waals surface area contributed by atoms with Gasteiger partial charge in [-0.1, -0.05) is 11.6 Å². The summed E-state index contributed by atoms with van der Waals surface area (Å²) in [5.74, 6) is 0.887. The third kappa shape index (κ3) is 2.32. The van der Waals surface area contributed by atoms with Crippen molar-refractivity contribution in [2.75, 3.05) is 20.2 Å². The van der Waals surface area contributed by atoms with Crippen molar-refractivity contribution < 1.29 is 4.74 Å². The van der Waals surface area contributed by atoms with Gasteiger partial charge in [0.2, 0.25) is 0 Å². The second-order valence-electron chi connectivity index (χ2n) is 4.06. The van der Waals surface area contributed by atoms with Crippen LogP contribution in [0.15, 0.2) is 18.2 Å². The van der Waals surface area contributed by atoms with E-state index >= 15 is 0 Å². The molecular formula is C12H17ClN2O. The van der Waals surface area contributed by atoms with Gasteiger partial charge in [-0.2, -0.15) is 0 Å². The Balaban J connectivity index is 2.33. The van der Waals surface area contributed by atoms with Crippen LogP contribution in [0.1, 0.15) is 18.5 Å². The third-order valence-electron chi connectivity index (χ3n) is 2.98. The van der Waals surface area contributed by atoms with Gasteiger partial charge >= 0.3 is 0 Å². The summed E-state index contributed by atoms with van der Waals surface area (Å²) in [5, 5.41) is 7.67. The monoisotopic (exact) mass is 240 g/mol. The quantitative estimate of drug-likeness (QED) is 0.829. The van der Waals surface area contributed by atoms with Crippen LogP contribution < -0.4 is 15.4 Å². The molecule has 0 bridgehead atoms. The van der Waals surface area contributed by atoms with Gasteiger partial charge in [0.15, 0.2) is 0 Å². The maximum Gasteiger partial charge on any atom is 0.123 e. The SMILES string of the molecule is COc1ccc(Cl)cc1C1NCCNC1C. The van der Waals surface area contributed by atoms with Crippen LogP contribution in [-0.4, -0.2) is 26.2 Å². The van der Waals surface area contributed by atoms with Crippen molar-refractivity contribution in [1.82, 2.24) is 10.6 Å². The van der Waals surface area contributed by atoms with Crippen LogP contribution in [0.25, 0.3) is 0 Å². The number of piperazine rings is 1. The van der Waals surface area contributed by atoms with Crippen LogP contribution in [0.5, 0.6) is 5.75 Å². The van der Waals surface area contributed by atoms with Crippen LogP contribution in [0.3, 0.4) is 0 Å². The molecule has 1 aromatic rings. The van der Waals surface area contributed by atoms with Crippen molar-refractivity contribution in [3.63, 3.8) is 0 Å². The number of hydrogen-bond donors (Lipinski definition) is 2. The first-order chi connectivity index (χ1) is 7.72. The summed E-state index contributed by atoms with van der Waals surface area (Å²) in [6.07, 6.45) is 0. The van der Waals surface area contributed by atoms with Crippen LogP contribution in [0.4, 0.5) is 0 Å². The van der Waals surface area contributed by atoms with E-state index in [9.17, 15) is 0 Å². The zero-order chi connectivity index (χ0) is 11.5. The Bertz CT molecular complexity index is 370. The number of benzene rings is 1. The fourth-order valence-corrected chi connectivity index (χ4v) is 2.33. The predicted molar refractivity (Wildman–Crippen MR) is 66.2 cm³/mol. The van der Waals surface area contributed by atoms with Gasteiger partial charge in [-0.25, -0.2) is 0 Å². The van der Waals surface area contributed by atoms with Crippen LogP contribution in [0.2, 0.25) is 5.02 Å². The van der Waals surface area contributed by atoms with E-state index < -0.39 is 0 Å². The fourth-order valence-electron chi connectivity index (χ4n) is 2.15. The van der Waals surface area contributed by atoms with Crippen molar-refractivity contribution in [2.24, 2.45) is 0 Å². The maximum atomic E-state index is 6.04. The molecule has 1 saturated heterocycles. The van der Waals surface area contributed by atoms with Gasteiger partial charge in [-0.05, 0) is 25.1 Å². The molecule has 1 aromatic carbocycles. The maximum absolute atomic E-state index is 6.04. The molecule has 4 heteroatoms. The Kier molecular flexibility index (Phi) is 3.69. The van der Waals surface area contributed by atoms with Gasteiger partial charge in [-0.3, -0.25) is 0 Å². The lowest BCUT2D eigenvalue weighted by Crippen LogP contribution is -2.49. The van der Waals surface area contributed by atoms with Gasteiger partial charge in [-0.15, -0.1) is 0 Å². The summed E-state index contributed by atoms with van der Waals surface area (Å²) in [6.45, 7) is 4.13. The summed E-state index contributed by atoms with van der Waals surface area (Å²) < 4.78 is 5.38. The van der Waals surface area contributed by atoms with Crippen molar-refractivity contribution >= 4 is 11.6 Å². The number of hydrogen-bond acceptors (Lipinski definition) is 3. The number of rotatable bonds is 2. The highest BCUT2D eigenvalue weighted by Crippen LogP contribution is 2.30. The second kappa shape index (κ2) is 5.04. The smallest absolute Gasteiger partial charge is 0.123 e. The summed E-state index contributed by atoms with van der Waals surface area (Å²) in [4.78, 5) is 0. The highest BCUT2D eigenvalue weighted by atomic mass is 35.5. The first kappa shape index (κ1) is 11.7. The standard InChI is InChI=1S/C12H17ClN2O/c1-8-12(15-6-5-14-8)10-7-9(13)3-4-11(10)16-2/h3-4,7-8,12,14-15H,5-6H2,1-2H3. The fraction of sp³-hybridized carbons (Fsp3) is 0.500. The van der Waals surface area contributed by atoms with Crippen molar-refractivity contribution in [2.45, 2.75) is 19.0 Å². The summed E-state index contributed by atoms with van der Waals surface area (Å²) in [6, 6.07) is 6.37. The van der Waals surface area contributed by atoms with Gasteiger partial charge in [0, 0.05) is 29.7 Å². The molecule has 1 aliphatic rings. The molecule has 2 atom stereocenters. The first-order valence-corrected chi connectivity index (χ1v) is 5.90. The Morgan fingerprint density at radius 1 is 1.31 bits per heavy atom. The van der Waals surface area contributed by atoms with Crippen molar-refractivity contribution in [3.8, 4) is 5.75 Å². The molecule has 0 saturated carbocycles. The first-order valence-electron chi connectivity index (χ1n) is 5.52. The summed E-state index contributed by atoms with van der Waals surface area (Å²) >= 11 is 6.04. The lowest BCUT2D eigenvalue weighted by atomic mass is 9.98. The molecule has 88 valence electrons. The normalized spacial score (nSPS) is 25.4. The van der Waals surface area contributed by atoms with E-state index in [-0.39, 0.29) is 6.04 Å². The Labute approximate surface area is 101 Å². The Hall–Kier alpha value is -0.770. The zero-order valence-corrected chi connectivity index (χ0v) is 10.3. The van der Waals surface area contributed by atoms with E-state index in [1.807, 2.05) is 18.2 Å². The zero-order valence-electron chi connectivity index (χ0n) is 9.59. The minimum atomic E-state index is 0.252. The lowest BCUT2D eigenvalue weighted by molar-refractivity contribution is 0.330. The number of halogens is 1. The summed E-state index contributed by atoms with van der Waals surface area (Å²) in [7, 11) is 1.69. The summed E-state index contributed by atoms with van der Waals surface area (Å²) in [5.41, 5.74) is 1.12.